The van der Waals surface area contributed by atoms with Crippen LogP contribution in [0.3, 0.4) is 0 Å². The number of carbonyl (C=O) groups excluding carboxylic acids is 1. The molecule has 3 nitrogen and oxygen atoms in total. The summed E-state index contributed by atoms with van der Waals surface area (Å²) in [6.45, 7) is 5.14. The zero-order valence-corrected chi connectivity index (χ0v) is 13.2. The Labute approximate surface area is 125 Å². The van der Waals surface area contributed by atoms with Crippen LogP contribution < -0.4 is 5.32 Å². The fourth-order valence-corrected chi connectivity index (χ4v) is 3.84. The van der Waals surface area contributed by atoms with Gasteiger partial charge in [-0.05, 0) is 40.6 Å². The molecule has 20 heavy (non-hydrogen) atoms. The average Bonchev–Trinajstić information content (AvgIpc) is 2.96. The van der Waals surface area contributed by atoms with Gasteiger partial charge in [-0.15, -0.1) is 0 Å². The van der Waals surface area contributed by atoms with E-state index in [0.29, 0.717) is 5.92 Å². The predicted molar refractivity (Wildman–Crippen MR) is 82.5 cm³/mol. The van der Waals surface area contributed by atoms with Crippen LogP contribution in [0.15, 0.2) is 16.8 Å². The third-order valence-electron chi connectivity index (χ3n) is 4.73. The van der Waals surface area contributed by atoms with E-state index < -0.39 is 0 Å². The van der Waals surface area contributed by atoms with Crippen molar-refractivity contribution in [1.29, 1.82) is 0 Å². The fraction of sp³-hybridized carbons (Fsp3) is 0.688. The molecule has 1 aromatic rings. The molecule has 4 heteroatoms. The van der Waals surface area contributed by atoms with Crippen molar-refractivity contribution in [3.8, 4) is 0 Å². The van der Waals surface area contributed by atoms with E-state index in [1.807, 2.05) is 0 Å². The summed E-state index contributed by atoms with van der Waals surface area (Å²) in [5.41, 5.74) is 1.24. The summed E-state index contributed by atoms with van der Waals surface area (Å²) in [4.78, 5) is 14.7. The largest absolute Gasteiger partial charge is 0.322 e. The first-order valence-corrected chi connectivity index (χ1v) is 8.69. The second-order valence-electron chi connectivity index (χ2n) is 6.46. The van der Waals surface area contributed by atoms with Gasteiger partial charge in [-0.1, -0.05) is 33.1 Å². The molecule has 2 heterocycles. The molecule has 1 aliphatic heterocycles. The van der Waals surface area contributed by atoms with Crippen LogP contribution in [-0.4, -0.2) is 23.4 Å². The zero-order chi connectivity index (χ0) is 14.1. The van der Waals surface area contributed by atoms with E-state index in [9.17, 15) is 4.79 Å². The maximum atomic E-state index is 12.6. The fourth-order valence-electron chi connectivity index (χ4n) is 3.16. The first-order valence-electron chi connectivity index (χ1n) is 7.75. The summed E-state index contributed by atoms with van der Waals surface area (Å²) in [5, 5.41) is 7.78. The molecule has 2 unspecified atom stereocenters. The van der Waals surface area contributed by atoms with Gasteiger partial charge in [0.1, 0.15) is 6.17 Å². The first kappa shape index (κ1) is 14.1. The molecule has 0 radical (unpaired) electrons. The van der Waals surface area contributed by atoms with Crippen molar-refractivity contribution in [2.75, 3.05) is 6.54 Å². The van der Waals surface area contributed by atoms with E-state index in [-0.39, 0.29) is 18.1 Å². The molecule has 2 aliphatic rings. The Bertz CT molecular complexity index is 453. The van der Waals surface area contributed by atoms with Crippen LogP contribution in [0.1, 0.15) is 51.3 Å². The van der Waals surface area contributed by atoms with Gasteiger partial charge in [-0.2, -0.15) is 11.3 Å². The second kappa shape index (κ2) is 5.86. The molecule has 1 N–H and O–H groups in total. The van der Waals surface area contributed by atoms with E-state index in [0.717, 1.165) is 12.5 Å². The molecule has 2 atom stereocenters. The molecule has 110 valence electrons. The lowest BCUT2D eigenvalue weighted by Crippen LogP contribution is -2.35. The van der Waals surface area contributed by atoms with Gasteiger partial charge in [0.2, 0.25) is 5.91 Å². The van der Waals surface area contributed by atoms with Crippen LogP contribution in [0.25, 0.3) is 0 Å². The van der Waals surface area contributed by atoms with Gasteiger partial charge in [-0.3, -0.25) is 10.1 Å². The Hall–Kier alpha value is -0.870. The molecule has 0 aromatic carbocycles. The number of amides is 1. The van der Waals surface area contributed by atoms with Gasteiger partial charge in [0.15, 0.2) is 0 Å². The molecule has 1 amide bonds. The Morgan fingerprint density at radius 3 is 2.80 bits per heavy atom. The zero-order valence-electron chi connectivity index (χ0n) is 12.3. The Morgan fingerprint density at radius 1 is 1.45 bits per heavy atom. The standard InChI is InChI=1S/C16H24N2OS/c1-11(2)14-16(19)18(8-6-12-4-3-5-12)15(17-14)13-7-9-20-10-13/h7,9-12,14-15,17H,3-6,8H2,1-2H3. The first-order chi connectivity index (χ1) is 9.66. The third kappa shape index (κ3) is 2.63. The molecule has 2 fully saturated rings. The third-order valence-corrected chi connectivity index (χ3v) is 5.43. The maximum Gasteiger partial charge on any atom is 0.241 e. The van der Waals surface area contributed by atoms with Crippen molar-refractivity contribution >= 4 is 17.2 Å². The summed E-state index contributed by atoms with van der Waals surface area (Å²) < 4.78 is 0. The van der Waals surface area contributed by atoms with E-state index in [1.54, 1.807) is 11.3 Å². The molecule has 1 aromatic heterocycles. The Balaban J connectivity index is 1.72. The molecule has 1 aliphatic carbocycles. The van der Waals surface area contributed by atoms with Crippen molar-refractivity contribution in [3.05, 3.63) is 22.4 Å². The van der Waals surface area contributed by atoms with Gasteiger partial charge in [0.25, 0.3) is 0 Å². The summed E-state index contributed by atoms with van der Waals surface area (Å²) in [6, 6.07) is 2.11. The van der Waals surface area contributed by atoms with E-state index in [4.69, 9.17) is 0 Å². The molecular formula is C16H24N2OS. The number of carbonyl (C=O) groups is 1. The second-order valence-corrected chi connectivity index (χ2v) is 7.24. The summed E-state index contributed by atoms with van der Waals surface area (Å²) >= 11 is 1.70. The van der Waals surface area contributed by atoms with Crippen LogP contribution in [0.5, 0.6) is 0 Å². The van der Waals surface area contributed by atoms with Crippen LogP contribution in [-0.2, 0) is 4.79 Å². The van der Waals surface area contributed by atoms with Crippen LogP contribution >= 0.6 is 11.3 Å². The minimum absolute atomic E-state index is 0.0266. The number of hydrogen-bond acceptors (Lipinski definition) is 3. The average molecular weight is 292 g/mol. The van der Waals surface area contributed by atoms with Crippen LogP contribution in [0, 0.1) is 11.8 Å². The highest BCUT2D eigenvalue weighted by Gasteiger charge is 2.41. The topological polar surface area (TPSA) is 32.3 Å². The molecule has 3 rings (SSSR count). The van der Waals surface area contributed by atoms with Crippen molar-refractivity contribution in [2.24, 2.45) is 11.8 Å². The normalized spacial score (nSPS) is 27.4. The highest BCUT2D eigenvalue weighted by molar-refractivity contribution is 7.07. The monoisotopic (exact) mass is 292 g/mol. The van der Waals surface area contributed by atoms with Gasteiger partial charge in [0.05, 0.1) is 6.04 Å². The smallest absolute Gasteiger partial charge is 0.241 e. The highest BCUT2D eigenvalue weighted by Crippen LogP contribution is 2.33. The van der Waals surface area contributed by atoms with E-state index in [1.165, 1.54) is 31.2 Å². The summed E-state index contributed by atoms with van der Waals surface area (Å²) in [5.74, 6) is 1.48. The maximum absolute atomic E-state index is 12.6. The molecule has 0 bridgehead atoms. The SMILES string of the molecule is CC(C)C1NC(c2ccsc2)N(CCC2CCC2)C1=O. The van der Waals surface area contributed by atoms with Gasteiger partial charge >= 0.3 is 0 Å². The molecule has 0 spiro atoms. The summed E-state index contributed by atoms with van der Waals surface area (Å²) in [6.07, 6.45) is 5.33. The molecule has 1 saturated carbocycles. The van der Waals surface area contributed by atoms with Crippen molar-refractivity contribution in [3.63, 3.8) is 0 Å². The lowest BCUT2D eigenvalue weighted by atomic mass is 9.83. The molecular weight excluding hydrogens is 268 g/mol. The number of thiophene rings is 1. The lowest BCUT2D eigenvalue weighted by Gasteiger charge is -2.30. The summed E-state index contributed by atoms with van der Waals surface area (Å²) in [7, 11) is 0. The van der Waals surface area contributed by atoms with Crippen LogP contribution in [0.2, 0.25) is 0 Å². The van der Waals surface area contributed by atoms with Gasteiger partial charge < -0.3 is 4.90 Å². The van der Waals surface area contributed by atoms with Crippen LogP contribution in [0.4, 0.5) is 0 Å². The number of nitrogens with one attached hydrogen (secondary N) is 1. The minimum Gasteiger partial charge on any atom is -0.322 e. The van der Waals surface area contributed by atoms with Crippen molar-refractivity contribution in [2.45, 2.75) is 51.7 Å². The predicted octanol–water partition coefficient (Wildman–Crippen LogP) is 3.39. The Morgan fingerprint density at radius 2 is 2.25 bits per heavy atom. The van der Waals surface area contributed by atoms with Gasteiger partial charge in [0, 0.05) is 6.54 Å². The quantitative estimate of drug-likeness (QED) is 0.902. The number of rotatable bonds is 5. The van der Waals surface area contributed by atoms with Crippen molar-refractivity contribution in [1.82, 2.24) is 10.2 Å². The number of hydrogen-bond donors (Lipinski definition) is 1. The minimum atomic E-state index is -0.0266. The lowest BCUT2D eigenvalue weighted by molar-refractivity contribution is -0.131. The van der Waals surface area contributed by atoms with Gasteiger partial charge in [-0.25, -0.2) is 0 Å². The molecule has 1 saturated heterocycles. The van der Waals surface area contributed by atoms with E-state index in [2.05, 4.69) is 40.9 Å². The number of nitrogens with zero attached hydrogens (tertiary/aromatic N) is 1. The van der Waals surface area contributed by atoms with E-state index >= 15 is 0 Å². The highest BCUT2D eigenvalue weighted by atomic mass is 32.1. The van der Waals surface area contributed by atoms with Crippen molar-refractivity contribution < 1.29 is 4.79 Å². The Kier molecular flexibility index (Phi) is 4.13.